The summed E-state index contributed by atoms with van der Waals surface area (Å²) in [6.45, 7) is 3.27. The molecule has 0 radical (unpaired) electrons. The van der Waals surface area contributed by atoms with Crippen molar-refractivity contribution < 1.29 is 32.3 Å². The van der Waals surface area contributed by atoms with Gasteiger partial charge in [-0.25, -0.2) is 18.0 Å². The van der Waals surface area contributed by atoms with Crippen LogP contribution in [0.25, 0.3) is 0 Å². The number of nitrogens with zero attached hydrogens (tertiary/aromatic N) is 1. The molecule has 0 unspecified atom stereocenters. The highest BCUT2D eigenvalue weighted by Crippen LogP contribution is 2.24. The number of sulfonamides is 1. The number of hydrogen-bond acceptors (Lipinski definition) is 7. The molecule has 2 aromatic rings. The van der Waals surface area contributed by atoms with Gasteiger partial charge in [0.2, 0.25) is 15.9 Å². The number of carbonyl (C=O) groups is 3. The van der Waals surface area contributed by atoms with Crippen molar-refractivity contribution in [3.63, 3.8) is 0 Å². The highest BCUT2D eigenvalue weighted by atomic mass is 32.2. The number of methoxy groups -OCH3 is 2. The van der Waals surface area contributed by atoms with Crippen LogP contribution in [-0.4, -0.2) is 52.8 Å². The molecule has 0 bridgehead atoms. The number of rotatable bonds is 7. The standard InChI is InChI=1S/C21H24N2O7S/c1-13-6-9-16(10-7-13)23(31(5,27)28)14(2)19(24)22-18-12-15(20(25)29-3)8-11-17(18)21(26)30-4/h6-12,14H,1-5H3,(H,22,24)/t14-/m0/s1. The van der Waals surface area contributed by atoms with Crippen LogP contribution < -0.4 is 9.62 Å². The van der Waals surface area contributed by atoms with Gasteiger partial charge in [0.15, 0.2) is 0 Å². The lowest BCUT2D eigenvalue weighted by molar-refractivity contribution is -0.116. The van der Waals surface area contributed by atoms with Crippen molar-refractivity contribution in [2.75, 3.05) is 30.1 Å². The summed E-state index contributed by atoms with van der Waals surface area (Å²) in [5.41, 5.74) is 1.32. The molecule has 31 heavy (non-hydrogen) atoms. The minimum atomic E-state index is -3.82. The molecule has 0 spiro atoms. The van der Waals surface area contributed by atoms with E-state index in [1.807, 2.05) is 6.92 Å². The predicted molar refractivity (Wildman–Crippen MR) is 116 cm³/mol. The maximum Gasteiger partial charge on any atom is 0.339 e. The summed E-state index contributed by atoms with van der Waals surface area (Å²) in [4.78, 5) is 36.9. The lowest BCUT2D eigenvalue weighted by Gasteiger charge is -2.28. The Hall–Kier alpha value is -3.40. The van der Waals surface area contributed by atoms with Crippen molar-refractivity contribution in [2.45, 2.75) is 19.9 Å². The quantitative estimate of drug-likeness (QED) is 0.646. The van der Waals surface area contributed by atoms with Crippen LogP contribution in [0.15, 0.2) is 42.5 Å². The van der Waals surface area contributed by atoms with Gasteiger partial charge in [-0.05, 0) is 44.2 Å². The van der Waals surface area contributed by atoms with Gasteiger partial charge in [-0.15, -0.1) is 0 Å². The lowest BCUT2D eigenvalue weighted by atomic mass is 10.1. The summed E-state index contributed by atoms with van der Waals surface area (Å²) in [5.74, 6) is -2.12. The third-order valence-electron chi connectivity index (χ3n) is 4.48. The molecule has 10 heteroatoms. The molecule has 0 aliphatic rings. The monoisotopic (exact) mass is 448 g/mol. The summed E-state index contributed by atoms with van der Waals surface area (Å²) >= 11 is 0. The van der Waals surface area contributed by atoms with Gasteiger partial charge in [-0.1, -0.05) is 17.7 Å². The molecular weight excluding hydrogens is 424 g/mol. The number of ether oxygens (including phenoxy) is 2. The third kappa shape index (κ3) is 5.60. The average molecular weight is 448 g/mol. The van der Waals surface area contributed by atoms with Crippen LogP contribution in [0.3, 0.4) is 0 Å². The first-order valence-electron chi connectivity index (χ1n) is 9.17. The Bertz CT molecular complexity index is 1100. The molecule has 0 aliphatic heterocycles. The maximum atomic E-state index is 13.0. The van der Waals surface area contributed by atoms with E-state index in [-0.39, 0.29) is 16.8 Å². The van der Waals surface area contributed by atoms with Crippen LogP contribution in [0.5, 0.6) is 0 Å². The van der Waals surface area contributed by atoms with Crippen molar-refractivity contribution in [1.82, 2.24) is 0 Å². The fraction of sp³-hybridized carbons (Fsp3) is 0.286. The summed E-state index contributed by atoms with van der Waals surface area (Å²) in [6, 6.07) is 9.42. The second-order valence-electron chi connectivity index (χ2n) is 6.80. The van der Waals surface area contributed by atoms with Crippen molar-refractivity contribution >= 4 is 39.2 Å². The summed E-state index contributed by atoms with van der Waals surface area (Å²) in [6.07, 6.45) is 0.994. The number of carbonyl (C=O) groups excluding carboxylic acids is 3. The lowest BCUT2D eigenvalue weighted by Crippen LogP contribution is -2.45. The topological polar surface area (TPSA) is 119 Å². The zero-order valence-electron chi connectivity index (χ0n) is 17.8. The Morgan fingerprint density at radius 1 is 0.968 bits per heavy atom. The molecule has 0 saturated carbocycles. The van der Waals surface area contributed by atoms with Crippen LogP contribution in [-0.2, 0) is 24.3 Å². The number of nitrogens with one attached hydrogen (secondary N) is 1. The molecular formula is C21H24N2O7S. The van der Waals surface area contributed by atoms with E-state index in [0.717, 1.165) is 16.1 Å². The molecule has 1 amide bonds. The zero-order valence-corrected chi connectivity index (χ0v) is 18.6. The molecule has 2 rings (SSSR count). The minimum absolute atomic E-state index is 0.00283. The Morgan fingerprint density at radius 2 is 1.55 bits per heavy atom. The number of anilines is 2. The molecule has 0 aromatic heterocycles. The van der Waals surface area contributed by atoms with E-state index in [1.54, 1.807) is 24.3 Å². The molecule has 0 aliphatic carbocycles. The van der Waals surface area contributed by atoms with Crippen molar-refractivity contribution in [3.05, 3.63) is 59.2 Å². The second-order valence-corrected chi connectivity index (χ2v) is 8.66. The molecule has 0 saturated heterocycles. The maximum absolute atomic E-state index is 13.0. The number of amides is 1. The highest BCUT2D eigenvalue weighted by molar-refractivity contribution is 7.92. The van der Waals surface area contributed by atoms with Gasteiger partial charge >= 0.3 is 11.9 Å². The fourth-order valence-electron chi connectivity index (χ4n) is 2.92. The largest absolute Gasteiger partial charge is 0.465 e. The molecule has 0 fully saturated rings. The van der Waals surface area contributed by atoms with Crippen molar-refractivity contribution in [2.24, 2.45) is 0 Å². The SMILES string of the molecule is COC(=O)c1ccc(C(=O)OC)c(NC(=O)[C@H](C)N(c2ccc(C)cc2)S(C)(=O)=O)c1. The van der Waals surface area contributed by atoms with Gasteiger partial charge in [-0.3, -0.25) is 9.10 Å². The molecule has 2 aromatic carbocycles. The normalized spacial score (nSPS) is 11.9. The van der Waals surface area contributed by atoms with Crippen LogP contribution in [0.1, 0.15) is 33.2 Å². The van der Waals surface area contributed by atoms with E-state index in [9.17, 15) is 22.8 Å². The predicted octanol–water partition coefficient (Wildman–Crippen LogP) is 2.36. The van der Waals surface area contributed by atoms with E-state index in [1.165, 1.54) is 39.3 Å². The number of hydrogen-bond donors (Lipinski definition) is 1. The summed E-state index contributed by atoms with van der Waals surface area (Å²) < 4.78 is 35.2. The van der Waals surface area contributed by atoms with Crippen molar-refractivity contribution in [1.29, 1.82) is 0 Å². The van der Waals surface area contributed by atoms with E-state index in [2.05, 4.69) is 10.1 Å². The summed E-state index contributed by atoms with van der Waals surface area (Å²) in [5, 5.41) is 2.52. The third-order valence-corrected chi connectivity index (χ3v) is 5.72. The number of benzene rings is 2. The smallest absolute Gasteiger partial charge is 0.339 e. The van der Waals surface area contributed by atoms with Crippen LogP contribution in [0.2, 0.25) is 0 Å². The van der Waals surface area contributed by atoms with Gasteiger partial charge < -0.3 is 14.8 Å². The first-order valence-corrected chi connectivity index (χ1v) is 11.0. The Kier molecular flexibility index (Phi) is 7.40. The van der Waals surface area contributed by atoms with Gasteiger partial charge in [0, 0.05) is 0 Å². The van der Waals surface area contributed by atoms with E-state index in [4.69, 9.17) is 4.74 Å². The van der Waals surface area contributed by atoms with E-state index in [0.29, 0.717) is 5.69 Å². The van der Waals surface area contributed by atoms with Gasteiger partial charge in [0.1, 0.15) is 6.04 Å². The van der Waals surface area contributed by atoms with E-state index < -0.39 is 33.9 Å². The number of aryl methyl sites for hydroxylation is 1. The highest BCUT2D eigenvalue weighted by Gasteiger charge is 2.30. The van der Waals surface area contributed by atoms with Gasteiger partial charge in [0.05, 0.1) is 43.0 Å². The Balaban J connectivity index is 2.44. The first kappa shape index (κ1) is 23.9. The number of esters is 2. The molecule has 9 nitrogen and oxygen atoms in total. The second kappa shape index (κ2) is 9.61. The average Bonchev–Trinajstić information content (AvgIpc) is 2.73. The Labute approximate surface area is 181 Å². The van der Waals surface area contributed by atoms with Gasteiger partial charge in [0.25, 0.3) is 0 Å². The first-order chi connectivity index (χ1) is 14.5. The van der Waals surface area contributed by atoms with Crippen LogP contribution in [0.4, 0.5) is 11.4 Å². The molecule has 1 atom stereocenters. The fourth-order valence-corrected chi connectivity index (χ4v) is 4.09. The van der Waals surface area contributed by atoms with E-state index >= 15 is 0 Å². The van der Waals surface area contributed by atoms with Crippen LogP contribution >= 0.6 is 0 Å². The van der Waals surface area contributed by atoms with Gasteiger partial charge in [-0.2, -0.15) is 0 Å². The molecule has 166 valence electrons. The molecule has 1 N–H and O–H groups in total. The van der Waals surface area contributed by atoms with Crippen LogP contribution in [0, 0.1) is 6.92 Å². The minimum Gasteiger partial charge on any atom is -0.465 e. The van der Waals surface area contributed by atoms with Crippen molar-refractivity contribution in [3.8, 4) is 0 Å². The zero-order chi connectivity index (χ0) is 23.3. The molecule has 0 heterocycles. The Morgan fingerprint density at radius 3 is 2.06 bits per heavy atom. The summed E-state index contributed by atoms with van der Waals surface area (Å²) in [7, 11) is -1.45.